The number of rotatable bonds is 4. The van der Waals surface area contributed by atoms with Crippen LogP contribution in [0.4, 0.5) is 5.69 Å². The van der Waals surface area contributed by atoms with Crippen LogP contribution in [-0.2, 0) is 10.0 Å². The highest BCUT2D eigenvalue weighted by Crippen LogP contribution is 2.26. The van der Waals surface area contributed by atoms with E-state index in [1.54, 1.807) is 18.2 Å². The quantitative estimate of drug-likeness (QED) is 0.654. The summed E-state index contributed by atoms with van der Waals surface area (Å²) < 4.78 is 28.3. The molecule has 0 aromatic heterocycles. The first-order valence-corrected chi connectivity index (χ1v) is 8.96. The van der Waals surface area contributed by atoms with E-state index < -0.39 is 16.0 Å². The van der Waals surface area contributed by atoms with E-state index in [0.717, 1.165) is 9.64 Å². The maximum atomic E-state index is 12.4. The molecule has 0 spiro atoms. The lowest BCUT2D eigenvalue weighted by molar-refractivity contribution is 0.0696. The van der Waals surface area contributed by atoms with Crippen molar-refractivity contribution in [1.29, 1.82) is 0 Å². The second-order valence-electron chi connectivity index (χ2n) is 4.07. The first-order chi connectivity index (χ1) is 9.79. The van der Waals surface area contributed by atoms with Crippen molar-refractivity contribution in [3.63, 3.8) is 0 Å². The minimum absolute atomic E-state index is 0.0961. The van der Waals surface area contributed by atoms with E-state index in [9.17, 15) is 13.2 Å². The average Bonchev–Trinajstić information content (AvgIpc) is 2.38. The molecule has 0 unspecified atom stereocenters. The summed E-state index contributed by atoms with van der Waals surface area (Å²) in [6.45, 7) is 0. The van der Waals surface area contributed by atoms with Crippen LogP contribution in [0.25, 0.3) is 0 Å². The molecule has 0 aliphatic rings. The Labute approximate surface area is 143 Å². The molecule has 2 aromatic carbocycles. The zero-order valence-corrected chi connectivity index (χ0v) is 14.9. The second kappa shape index (κ2) is 6.32. The number of carboxylic acid groups (broad SMARTS) is 1. The Kier molecular flexibility index (Phi) is 4.89. The largest absolute Gasteiger partial charge is 0.478 e. The third-order valence-electron chi connectivity index (χ3n) is 2.54. The molecule has 2 rings (SSSR count). The summed E-state index contributed by atoms with van der Waals surface area (Å²) in [5.41, 5.74) is 0.316. The number of aromatic carboxylic acids is 1. The van der Waals surface area contributed by atoms with Crippen LogP contribution in [0.3, 0.4) is 0 Å². The Hall–Kier alpha value is -1.13. The van der Waals surface area contributed by atoms with Gasteiger partial charge in [-0.15, -0.1) is 0 Å². The van der Waals surface area contributed by atoms with Gasteiger partial charge >= 0.3 is 5.97 Å². The van der Waals surface area contributed by atoms with Gasteiger partial charge in [0.15, 0.2) is 0 Å². The molecule has 0 atom stereocenters. The van der Waals surface area contributed by atoms with Gasteiger partial charge in [-0.2, -0.15) is 0 Å². The Morgan fingerprint density at radius 3 is 2.52 bits per heavy atom. The molecule has 0 radical (unpaired) electrons. The number of carboxylic acids is 1. The molecule has 2 N–H and O–H groups in total. The molecule has 21 heavy (non-hydrogen) atoms. The van der Waals surface area contributed by atoms with Gasteiger partial charge in [-0.1, -0.05) is 6.07 Å². The Balaban J connectivity index is 2.44. The van der Waals surface area contributed by atoms with E-state index in [0.29, 0.717) is 10.2 Å². The number of nitrogens with one attached hydrogen (secondary N) is 1. The van der Waals surface area contributed by atoms with Crippen LogP contribution < -0.4 is 4.72 Å². The number of sulfonamides is 1. The van der Waals surface area contributed by atoms with Gasteiger partial charge in [-0.25, -0.2) is 13.2 Å². The van der Waals surface area contributed by atoms with E-state index in [1.165, 1.54) is 12.1 Å². The van der Waals surface area contributed by atoms with E-state index >= 15 is 0 Å². The first kappa shape index (κ1) is 16.2. The molecular formula is C13H9BrINO4S. The Morgan fingerprint density at radius 2 is 1.90 bits per heavy atom. The fourth-order valence-corrected chi connectivity index (χ4v) is 4.19. The van der Waals surface area contributed by atoms with Gasteiger partial charge in [0.1, 0.15) is 4.90 Å². The smallest absolute Gasteiger partial charge is 0.335 e. The monoisotopic (exact) mass is 481 g/mol. The van der Waals surface area contributed by atoms with Gasteiger partial charge < -0.3 is 5.11 Å². The maximum Gasteiger partial charge on any atom is 0.335 e. The lowest BCUT2D eigenvalue weighted by Crippen LogP contribution is -2.14. The molecule has 0 saturated carbocycles. The van der Waals surface area contributed by atoms with Crippen molar-refractivity contribution in [1.82, 2.24) is 0 Å². The van der Waals surface area contributed by atoms with E-state index in [4.69, 9.17) is 5.11 Å². The number of carbonyl (C=O) groups is 1. The maximum absolute atomic E-state index is 12.4. The highest BCUT2D eigenvalue weighted by molar-refractivity contribution is 14.1. The molecule has 0 aliphatic heterocycles. The molecule has 0 fully saturated rings. The van der Waals surface area contributed by atoms with Crippen molar-refractivity contribution in [2.45, 2.75) is 4.90 Å². The summed E-state index contributed by atoms with van der Waals surface area (Å²) in [5, 5.41) is 8.96. The highest BCUT2D eigenvalue weighted by atomic mass is 127. The van der Waals surface area contributed by atoms with Crippen LogP contribution in [0, 0.1) is 3.57 Å². The van der Waals surface area contributed by atoms with Crippen LogP contribution in [0.2, 0.25) is 0 Å². The van der Waals surface area contributed by atoms with Crippen LogP contribution in [0.5, 0.6) is 0 Å². The number of anilines is 1. The molecule has 0 bridgehead atoms. The average molecular weight is 482 g/mol. The number of hydrogen-bond donors (Lipinski definition) is 2. The Bertz CT molecular complexity index is 808. The van der Waals surface area contributed by atoms with Crippen molar-refractivity contribution in [2.24, 2.45) is 0 Å². The van der Waals surface area contributed by atoms with Crippen molar-refractivity contribution in [3.05, 3.63) is 56.1 Å². The molecule has 110 valence electrons. The predicted octanol–water partition coefficient (Wildman–Crippen LogP) is 3.55. The minimum Gasteiger partial charge on any atom is -0.478 e. The lowest BCUT2D eigenvalue weighted by Gasteiger charge is -2.10. The fraction of sp³-hybridized carbons (Fsp3) is 0. The van der Waals surface area contributed by atoms with Gasteiger partial charge in [0.05, 0.1) is 5.56 Å². The van der Waals surface area contributed by atoms with Crippen LogP contribution in [-0.4, -0.2) is 19.5 Å². The predicted molar refractivity (Wildman–Crippen MR) is 91.1 cm³/mol. The SMILES string of the molecule is O=C(O)c1ccc(Br)c(S(=O)(=O)Nc2cccc(I)c2)c1. The Morgan fingerprint density at radius 1 is 1.19 bits per heavy atom. The fourth-order valence-electron chi connectivity index (χ4n) is 1.60. The molecule has 8 heteroatoms. The van der Waals surface area contributed by atoms with E-state index in [-0.39, 0.29) is 10.5 Å². The molecule has 0 saturated heterocycles. The summed E-state index contributed by atoms with van der Waals surface area (Å²) >= 11 is 5.20. The molecule has 0 amide bonds. The molecule has 5 nitrogen and oxygen atoms in total. The molecule has 0 heterocycles. The third-order valence-corrected chi connectivity index (χ3v) is 5.59. The van der Waals surface area contributed by atoms with Gasteiger partial charge in [-0.05, 0) is 74.9 Å². The van der Waals surface area contributed by atoms with E-state index in [1.807, 2.05) is 6.07 Å². The summed E-state index contributed by atoms with van der Waals surface area (Å²) in [5.74, 6) is -1.19. The highest BCUT2D eigenvalue weighted by Gasteiger charge is 2.20. The number of hydrogen-bond acceptors (Lipinski definition) is 3. The molecular weight excluding hydrogens is 473 g/mol. The third kappa shape index (κ3) is 3.95. The summed E-state index contributed by atoms with van der Waals surface area (Å²) in [7, 11) is -3.88. The van der Waals surface area contributed by atoms with Gasteiger partial charge in [0, 0.05) is 13.7 Å². The van der Waals surface area contributed by atoms with Crippen molar-refractivity contribution in [2.75, 3.05) is 4.72 Å². The zero-order chi connectivity index (χ0) is 15.6. The number of halogens is 2. The summed E-state index contributed by atoms with van der Waals surface area (Å²) in [4.78, 5) is 10.8. The topological polar surface area (TPSA) is 83.5 Å². The minimum atomic E-state index is -3.88. The van der Waals surface area contributed by atoms with Gasteiger partial charge in [-0.3, -0.25) is 4.72 Å². The standard InChI is InChI=1S/C13H9BrINO4S/c14-11-5-4-8(13(17)18)6-12(11)21(19,20)16-10-3-1-2-9(15)7-10/h1-7,16H,(H,17,18). The van der Waals surface area contributed by atoms with Gasteiger partial charge in [0.2, 0.25) is 0 Å². The van der Waals surface area contributed by atoms with E-state index in [2.05, 4.69) is 43.2 Å². The van der Waals surface area contributed by atoms with Crippen LogP contribution in [0.1, 0.15) is 10.4 Å². The zero-order valence-electron chi connectivity index (χ0n) is 10.4. The van der Waals surface area contributed by atoms with Crippen LogP contribution >= 0.6 is 38.5 Å². The summed E-state index contributed by atoms with van der Waals surface area (Å²) in [6.07, 6.45) is 0. The van der Waals surface area contributed by atoms with Crippen LogP contribution in [0.15, 0.2) is 51.8 Å². The summed E-state index contributed by atoms with van der Waals surface area (Å²) in [6, 6.07) is 10.7. The van der Waals surface area contributed by atoms with Crippen molar-refractivity contribution in [3.8, 4) is 0 Å². The lowest BCUT2D eigenvalue weighted by atomic mass is 10.2. The number of benzene rings is 2. The van der Waals surface area contributed by atoms with Crippen molar-refractivity contribution >= 4 is 60.2 Å². The van der Waals surface area contributed by atoms with Crippen molar-refractivity contribution < 1.29 is 18.3 Å². The first-order valence-electron chi connectivity index (χ1n) is 5.61. The normalized spacial score (nSPS) is 11.1. The molecule has 2 aromatic rings. The second-order valence-corrected chi connectivity index (χ2v) is 7.82. The molecule has 0 aliphatic carbocycles. The van der Waals surface area contributed by atoms with Gasteiger partial charge in [0.25, 0.3) is 10.0 Å².